The molecule has 340 valence electrons. The van der Waals surface area contributed by atoms with Gasteiger partial charge in [-0.25, -0.2) is 13.2 Å². The maximum atomic E-state index is 14.0. The van der Waals surface area contributed by atoms with Crippen LogP contribution in [0.5, 0.6) is 0 Å². The topological polar surface area (TPSA) is 247 Å². The molecule has 0 bridgehead atoms. The molecule has 4 heterocycles. The summed E-state index contributed by atoms with van der Waals surface area (Å²) in [5.74, 6) is -2.15. The molecule has 19 heteroatoms. The highest BCUT2D eigenvalue weighted by atomic mass is 32.2. The van der Waals surface area contributed by atoms with Gasteiger partial charge in [-0.05, 0) is 99.7 Å². The number of hydrogen-bond donors (Lipinski definition) is 6. The van der Waals surface area contributed by atoms with Gasteiger partial charge < -0.3 is 40.5 Å². The van der Waals surface area contributed by atoms with Gasteiger partial charge in [0.25, 0.3) is 23.3 Å². The molecule has 18 nitrogen and oxygen atoms in total. The second-order valence-electron chi connectivity index (χ2n) is 17.8. The lowest BCUT2D eigenvalue weighted by Crippen LogP contribution is -2.52. The third-order valence-corrected chi connectivity index (χ3v) is 12.2. The van der Waals surface area contributed by atoms with Gasteiger partial charge in [0.2, 0.25) is 11.8 Å². The van der Waals surface area contributed by atoms with E-state index in [0.29, 0.717) is 53.1 Å². The molecule has 2 aromatic heterocycles. The fraction of sp³-hybridized carbons (Fsp3) is 0.444. The van der Waals surface area contributed by atoms with Gasteiger partial charge in [-0.2, -0.15) is 0 Å². The average Bonchev–Trinajstić information content (AvgIpc) is 3.84. The maximum absolute atomic E-state index is 14.0. The Bertz CT molecular complexity index is 2730. The van der Waals surface area contributed by atoms with E-state index < -0.39 is 56.6 Å². The van der Waals surface area contributed by atoms with E-state index in [-0.39, 0.29) is 73.2 Å². The van der Waals surface area contributed by atoms with E-state index in [1.807, 2.05) is 6.07 Å². The van der Waals surface area contributed by atoms with Crippen molar-refractivity contribution in [2.45, 2.75) is 83.2 Å². The Morgan fingerprint density at radius 1 is 0.891 bits per heavy atom. The molecule has 1 saturated carbocycles. The lowest BCUT2D eigenvalue weighted by atomic mass is 9.95. The third-order valence-electron chi connectivity index (χ3n) is 11.3. The molecule has 6 amide bonds. The molecule has 1 saturated heterocycles. The number of aromatic nitrogens is 2. The summed E-state index contributed by atoms with van der Waals surface area (Å²) in [6.45, 7) is 6.44. The Labute approximate surface area is 370 Å². The number of alkyl carbamates (subject to hydrolysis) is 1. The Morgan fingerprint density at radius 3 is 2.33 bits per heavy atom. The lowest BCUT2D eigenvalue weighted by Gasteiger charge is -2.29. The monoisotopic (exact) mass is 898 g/mol. The number of H-pyrrole nitrogens is 1. The second kappa shape index (κ2) is 18.3. The van der Waals surface area contributed by atoms with Gasteiger partial charge in [-0.15, -0.1) is 0 Å². The first-order valence-corrected chi connectivity index (χ1v) is 23.4. The highest BCUT2D eigenvalue weighted by Gasteiger charge is 2.39. The molecular weight excluding hydrogens is 845 g/mol. The number of hydrogen-bond acceptors (Lipinski definition) is 11. The summed E-state index contributed by atoms with van der Waals surface area (Å²) in [7, 11) is -2.09. The minimum absolute atomic E-state index is 0.0758. The number of nitrogens with zero attached hydrogens (tertiary/aromatic N) is 2. The first-order valence-electron chi connectivity index (χ1n) is 21.4. The highest BCUT2D eigenvalue weighted by Crippen LogP contribution is 2.38. The van der Waals surface area contributed by atoms with Gasteiger partial charge in [-0.1, -0.05) is 12.1 Å². The van der Waals surface area contributed by atoms with Gasteiger partial charge in [0.05, 0.1) is 5.75 Å². The van der Waals surface area contributed by atoms with Crippen LogP contribution in [0, 0.1) is 5.92 Å². The number of benzene rings is 2. The Balaban J connectivity index is 1.11. The summed E-state index contributed by atoms with van der Waals surface area (Å²) in [5, 5.41) is 14.5. The number of sulfone groups is 1. The zero-order chi connectivity index (χ0) is 46.1. The van der Waals surface area contributed by atoms with Crippen LogP contribution in [0.3, 0.4) is 0 Å². The zero-order valence-electron chi connectivity index (χ0n) is 36.6. The summed E-state index contributed by atoms with van der Waals surface area (Å²) in [6, 6.07) is 9.52. The van der Waals surface area contributed by atoms with Gasteiger partial charge in [-0.3, -0.25) is 34.1 Å². The zero-order valence-corrected chi connectivity index (χ0v) is 37.4. The second-order valence-corrected chi connectivity index (χ2v) is 19.9. The molecule has 2 aromatic carbocycles. The number of anilines is 1. The van der Waals surface area contributed by atoms with Crippen LogP contribution in [0.15, 0.2) is 47.4 Å². The number of nitrogens with one attached hydrogen (secondary N) is 6. The summed E-state index contributed by atoms with van der Waals surface area (Å²) < 4.78 is 32.4. The van der Waals surface area contributed by atoms with Crippen LogP contribution >= 0.6 is 0 Å². The number of aryl methyl sites for hydroxylation is 2. The molecule has 0 radical (unpaired) electrons. The SMILES string of the molecule is Cn1cc(-c2cc(CS(C)(=O)=O)c(C(=O)NCCCc3cccc4c3CN(C3CCC(=O)NC3=O)C4=O)cc2NCC2CC2)c2cc(C(=O)NCCNC(=O)OC(C)(C)C)[nH]c2c1=O. The first-order chi connectivity index (χ1) is 30.3. The fourth-order valence-corrected chi connectivity index (χ4v) is 8.89. The number of pyridine rings is 1. The van der Waals surface area contributed by atoms with Crippen molar-refractivity contribution < 1.29 is 41.9 Å². The number of carbonyl (C=O) groups is 6. The Kier molecular flexibility index (Phi) is 13.0. The molecular formula is C45H54N8O10S. The standard InChI is InChI=1S/C45H54N8O10S/c1-45(2,3)63-44(60)48-17-16-47-40(56)35-20-31-33(22-52(4)43(59)38(31)50-35)30-18-27(24-64(5,61)62)29(19-34(30)49-21-25-11-12-25)39(55)46-15-7-9-26-8-6-10-28-32(26)23-53(42(28)58)36-13-14-37(54)51-41(36)57/h6,8,10,18-20,22,25,36,49-50H,7,9,11-17,21,23-24H2,1-5H3,(H,46,55)(H,47,56)(H,48,60)(H,51,54,57). The predicted octanol–water partition coefficient (Wildman–Crippen LogP) is 3.28. The van der Waals surface area contributed by atoms with Crippen LogP contribution in [0.4, 0.5) is 10.5 Å². The van der Waals surface area contributed by atoms with Crippen LogP contribution in [0.2, 0.25) is 0 Å². The Hall–Kier alpha value is -6.50. The number of piperidine rings is 1. The normalized spacial score (nSPS) is 16.4. The van der Waals surface area contributed by atoms with E-state index in [2.05, 4.69) is 31.6 Å². The van der Waals surface area contributed by atoms with E-state index >= 15 is 0 Å². The van der Waals surface area contributed by atoms with Gasteiger partial charge in [0, 0.05) is 92.0 Å². The van der Waals surface area contributed by atoms with E-state index in [0.717, 1.165) is 30.2 Å². The van der Waals surface area contributed by atoms with E-state index in [1.165, 1.54) is 9.47 Å². The number of amides is 6. The van der Waals surface area contributed by atoms with E-state index in [9.17, 15) is 42.0 Å². The van der Waals surface area contributed by atoms with Crippen molar-refractivity contribution in [1.29, 1.82) is 0 Å². The van der Waals surface area contributed by atoms with Crippen molar-refractivity contribution in [3.05, 3.63) is 86.5 Å². The minimum atomic E-state index is -3.66. The van der Waals surface area contributed by atoms with Crippen LogP contribution in [0.25, 0.3) is 22.0 Å². The largest absolute Gasteiger partial charge is 0.444 e. The van der Waals surface area contributed by atoms with Crippen molar-refractivity contribution in [2.75, 3.05) is 37.8 Å². The summed E-state index contributed by atoms with van der Waals surface area (Å²) in [5.41, 5.74) is 3.35. The molecule has 64 heavy (non-hydrogen) atoms. The number of carbonyl (C=O) groups excluding carboxylic acids is 6. The maximum Gasteiger partial charge on any atom is 0.407 e. The van der Waals surface area contributed by atoms with Gasteiger partial charge in [0.1, 0.15) is 22.9 Å². The quantitative estimate of drug-likeness (QED) is 0.0704. The molecule has 4 aromatic rings. The van der Waals surface area contributed by atoms with Crippen LogP contribution in [-0.4, -0.2) is 103 Å². The van der Waals surface area contributed by atoms with Crippen molar-refractivity contribution in [3.63, 3.8) is 0 Å². The predicted molar refractivity (Wildman–Crippen MR) is 238 cm³/mol. The average molecular weight is 899 g/mol. The van der Waals surface area contributed by atoms with Crippen LogP contribution in [-0.2, 0) is 49.9 Å². The third kappa shape index (κ3) is 10.6. The smallest absolute Gasteiger partial charge is 0.407 e. The molecule has 1 unspecified atom stereocenters. The van der Waals surface area contributed by atoms with Crippen molar-refractivity contribution in [3.8, 4) is 11.1 Å². The molecule has 2 fully saturated rings. The lowest BCUT2D eigenvalue weighted by molar-refractivity contribution is -0.136. The van der Waals surface area contributed by atoms with Gasteiger partial charge >= 0.3 is 6.09 Å². The fourth-order valence-electron chi connectivity index (χ4n) is 8.08. The van der Waals surface area contributed by atoms with E-state index in [1.54, 1.807) is 64.3 Å². The Morgan fingerprint density at radius 2 is 1.62 bits per heavy atom. The number of rotatable bonds is 16. The first kappa shape index (κ1) is 45.5. The summed E-state index contributed by atoms with van der Waals surface area (Å²) >= 11 is 0. The minimum Gasteiger partial charge on any atom is -0.444 e. The molecule has 3 aliphatic rings. The molecule has 6 N–H and O–H groups in total. The van der Waals surface area contributed by atoms with Crippen molar-refractivity contribution in [2.24, 2.45) is 13.0 Å². The van der Waals surface area contributed by atoms with E-state index in [4.69, 9.17) is 4.74 Å². The van der Waals surface area contributed by atoms with Crippen LogP contribution < -0.4 is 32.1 Å². The highest BCUT2D eigenvalue weighted by molar-refractivity contribution is 7.89. The number of imide groups is 1. The molecule has 2 aliphatic heterocycles. The number of ether oxygens (including phenoxy) is 1. The molecule has 7 rings (SSSR count). The molecule has 1 atom stereocenters. The molecule has 1 aliphatic carbocycles. The van der Waals surface area contributed by atoms with Gasteiger partial charge in [0.15, 0.2) is 9.84 Å². The summed E-state index contributed by atoms with van der Waals surface area (Å²) in [6.07, 6.45) is 5.54. The molecule has 0 spiro atoms. The van der Waals surface area contributed by atoms with Crippen molar-refractivity contribution >= 4 is 62.1 Å². The summed E-state index contributed by atoms with van der Waals surface area (Å²) in [4.78, 5) is 94.9. The van der Waals surface area contributed by atoms with Crippen LogP contribution in [0.1, 0.15) is 101 Å². The number of fused-ring (bicyclic) bond motifs is 2. The van der Waals surface area contributed by atoms with Crippen molar-refractivity contribution in [1.82, 2.24) is 35.7 Å². The number of aromatic amines is 1.